The van der Waals surface area contributed by atoms with E-state index in [4.69, 9.17) is 4.42 Å². The first-order valence-corrected chi connectivity index (χ1v) is 17.4. The van der Waals surface area contributed by atoms with Crippen molar-refractivity contribution < 1.29 is 28.9 Å². The number of para-hydroxylation sites is 1. The van der Waals surface area contributed by atoms with E-state index in [1.807, 2.05) is 57.3 Å². The number of pyridine rings is 2. The number of hydrogen-bond donors (Lipinski definition) is 0. The van der Waals surface area contributed by atoms with Crippen molar-refractivity contribution in [1.82, 2.24) is 9.97 Å². The van der Waals surface area contributed by atoms with Gasteiger partial charge in [0.05, 0.1) is 5.58 Å². The van der Waals surface area contributed by atoms with Gasteiger partial charge in [0.1, 0.15) is 11.4 Å². The minimum Gasteiger partial charge on any atom is -0.501 e. The van der Waals surface area contributed by atoms with Crippen molar-refractivity contribution in [2.24, 2.45) is 5.92 Å². The Hall–Kier alpha value is -4.70. The van der Waals surface area contributed by atoms with E-state index in [1.54, 1.807) is 12.3 Å². The number of halogens is 1. The van der Waals surface area contributed by atoms with E-state index in [0.29, 0.717) is 22.6 Å². The summed E-state index contributed by atoms with van der Waals surface area (Å²) in [7, 11) is 0. The monoisotopic (exact) mass is 849 g/mol. The van der Waals surface area contributed by atoms with E-state index in [9.17, 15) is 0 Å². The summed E-state index contributed by atoms with van der Waals surface area (Å²) in [5.74, 6) is 0.616. The van der Waals surface area contributed by atoms with Crippen LogP contribution in [0.2, 0.25) is 0 Å². The number of aryl methyl sites for hydroxylation is 3. The first-order chi connectivity index (χ1) is 24.1. The summed E-state index contributed by atoms with van der Waals surface area (Å²) in [6, 6.07) is 35.6. The van der Waals surface area contributed by atoms with E-state index >= 15 is 4.39 Å². The van der Waals surface area contributed by atoms with Gasteiger partial charge in [-0.25, -0.2) is 4.39 Å². The van der Waals surface area contributed by atoms with Gasteiger partial charge in [0.25, 0.3) is 0 Å². The summed E-state index contributed by atoms with van der Waals surface area (Å²) >= 11 is 0. The summed E-state index contributed by atoms with van der Waals surface area (Å²) in [5.41, 5.74) is 10.6. The molecule has 0 aliphatic rings. The van der Waals surface area contributed by atoms with Crippen LogP contribution in [0, 0.1) is 44.6 Å². The fourth-order valence-electron chi connectivity index (χ4n) is 7.01. The molecule has 0 amide bonds. The molecule has 0 spiro atoms. The molecule has 0 saturated carbocycles. The Bertz CT molecular complexity index is 2510. The molecule has 51 heavy (non-hydrogen) atoms. The third-order valence-corrected chi connectivity index (χ3v) is 9.19. The van der Waals surface area contributed by atoms with Crippen molar-refractivity contribution >= 4 is 43.5 Å². The van der Waals surface area contributed by atoms with Crippen LogP contribution in [-0.2, 0) is 26.5 Å². The maximum atomic E-state index is 15.1. The van der Waals surface area contributed by atoms with Crippen LogP contribution in [0.5, 0.6) is 0 Å². The molecule has 0 aliphatic carbocycles. The zero-order valence-electron chi connectivity index (χ0n) is 30.1. The van der Waals surface area contributed by atoms with Crippen LogP contribution in [0.4, 0.5) is 4.39 Å². The van der Waals surface area contributed by atoms with Gasteiger partial charge < -0.3 is 14.4 Å². The third-order valence-electron chi connectivity index (χ3n) is 9.19. The van der Waals surface area contributed by atoms with Crippen molar-refractivity contribution in [2.75, 3.05) is 0 Å². The Kier molecular flexibility index (Phi) is 10.5. The van der Waals surface area contributed by atoms with Crippen molar-refractivity contribution in [3.63, 3.8) is 0 Å². The number of rotatable bonds is 5. The summed E-state index contributed by atoms with van der Waals surface area (Å²) in [5, 5.41) is 5.90. The third kappa shape index (κ3) is 7.24. The van der Waals surface area contributed by atoms with E-state index in [2.05, 4.69) is 98.3 Å². The van der Waals surface area contributed by atoms with Gasteiger partial charge >= 0.3 is 0 Å². The molecule has 0 unspecified atom stereocenters. The minimum absolute atomic E-state index is 0. The summed E-state index contributed by atoms with van der Waals surface area (Å²) in [4.78, 5) is 9.21. The molecule has 0 fully saturated rings. The number of benzene rings is 5. The van der Waals surface area contributed by atoms with Crippen LogP contribution < -0.4 is 0 Å². The van der Waals surface area contributed by atoms with Crippen LogP contribution in [0.25, 0.3) is 66.0 Å². The van der Waals surface area contributed by atoms with Crippen LogP contribution in [0.15, 0.2) is 102 Å². The molecule has 0 bridgehead atoms. The molecule has 3 aromatic heterocycles. The second kappa shape index (κ2) is 14.9. The van der Waals surface area contributed by atoms with E-state index in [1.165, 1.54) is 21.9 Å². The molecule has 259 valence electrons. The van der Waals surface area contributed by atoms with Gasteiger partial charge in [0, 0.05) is 43.3 Å². The number of nitrogens with zero attached hydrogens (tertiary/aromatic N) is 2. The van der Waals surface area contributed by atoms with Gasteiger partial charge in [-0.05, 0) is 75.1 Å². The Morgan fingerprint density at radius 3 is 2.18 bits per heavy atom. The minimum atomic E-state index is -0.176. The molecule has 0 saturated heterocycles. The predicted molar refractivity (Wildman–Crippen MR) is 206 cm³/mol. The maximum absolute atomic E-state index is 15.1. The summed E-state index contributed by atoms with van der Waals surface area (Å²) in [6.45, 7) is 14.7. The van der Waals surface area contributed by atoms with Crippen LogP contribution in [0.1, 0.15) is 61.4 Å². The Balaban J connectivity index is 0.000000178. The number of furan rings is 1. The summed E-state index contributed by atoms with van der Waals surface area (Å²) < 4.78 is 21.3. The standard InChI is InChI=1S/C25H19FNO.C21H22N.Ir/c1-14(2)16-8-9-19-18(23(16)26)10-11-27-24(19)21-13-15(3)12-20-17-6-4-5-7-22(17)28-25(20)21;1-14(2)9-17-5-6-20-18(13-17)7-8-22-21(20)19-11-15(3)10-16(4)12-19;/h4-12,14H,1-3H3;5-8,10-11,13-14H,9H2,1-4H3;/q2*-1;. The molecular formula is C46H41FIrN2O-2. The van der Waals surface area contributed by atoms with Crippen molar-refractivity contribution in [2.45, 2.75) is 60.8 Å². The second-order valence-electron chi connectivity index (χ2n) is 14.1. The van der Waals surface area contributed by atoms with Crippen molar-refractivity contribution in [1.29, 1.82) is 0 Å². The SMILES string of the molecule is Cc1[c-]c(-c2nccc3c(F)c(C(C)C)ccc23)c2oc3ccccc3c2c1.Cc1[c-]c(-c2nccc3cc(CC(C)C)ccc23)cc(C)c1.[Ir]. The maximum Gasteiger partial charge on any atom is 0.133 e. The van der Waals surface area contributed by atoms with Crippen LogP contribution in [-0.4, -0.2) is 9.97 Å². The molecule has 0 atom stereocenters. The molecule has 0 aliphatic heterocycles. The first kappa shape index (κ1) is 36.1. The molecule has 1 radical (unpaired) electrons. The fraction of sp³-hybridized carbons (Fsp3) is 0.217. The zero-order chi connectivity index (χ0) is 35.1. The van der Waals surface area contributed by atoms with E-state index < -0.39 is 0 Å². The molecule has 3 heterocycles. The normalized spacial score (nSPS) is 11.4. The topological polar surface area (TPSA) is 38.9 Å². The zero-order valence-corrected chi connectivity index (χ0v) is 32.5. The van der Waals surface area contributed by atoms with E-state index in [-0.39, 0.29) is 31.8 Å². The van der Waals surface area contributed by atoms with Crippen molar-refractivity contribution in [3.8, 4) is 22.5 Å². The summed E-state index contributed by atoms with van der Waals surface area (Å²) in [6.07, 6.45) is 4.68. The van der Waals surface area contributed by atoms with Gasteiger partial charge in [-0.3, -0.25) is 0 Å². The average Bonchev–Trinajstić information content (AvgIpc) is 3.45. The average molecular weight is 849 g/mol. The van der Waals surface area contributed by atoms with Crippen LogP contribution >= 0.6 is 0 Å². The molecule has 0 N–H and O–H groups in total. The molecule has 5 heteroatoms. The van der Waals surface area contributed by atoms with Gasteiger partial charge in [-0.1, -0.05) is 108 Å². The number of fused-ring (bicyclic) bond motifs is 5. The number of hydrogen-bond acceptors (Lipinski definition) is 3. The smallest absolute Gasteiger partial charge is 0.133 e. The predicted octanol–water partition coefficient (Wildman–Crippen LogP) is 12.7. The van der Waals surface area contributed by atoms with Gasteiger partial charge in [0.2, 0.25) is 0 Å². The van der Waals surface area contributed by atoms with Gasteiger partial charge in [-0.15, -0.1) is 52.6 Å². The largest absolute Gasteiger partial charge is 0.501 e. The fourth-order valence-corrected chi connectivity index (χ4v) is 7.01. The Morgan fingerprint density at radius 2 is 1.41 bits per heavy atom. The van der Waals surface area contributed by atoms with Gasteiger partial charge in [-0.2, -0.15) is 0 Å². The van der Waals surface area contributed by atoms with E-state index in [0.717, 1.165) is 61.7 Å². The van der Waals surface area contributed by atoms with Gasteiger partial charge in [0.15, 0.2) is 0 Å². The molecular weight excluding hydrogens is 808 g/mol. The Labute approximate surface area is 313 Å². The van der Waals surface area contributed by atoms with Crippen molar-refractivity contribution in [3.05, 3.63) is 143 Å². The van der Waals surface area contributed by atoms with Crippen LogP contribution in [0.3, 0.4) is 0 Å². The quantitative estimate of drug-likeness (QED) is 0.162. The first-order valence-electron chi connectivity index (χ1n) is 17.4. The molecule has 5 aromatic carbocycles. The Morgan fingerprint density at radius 1 is 0.686 bits per heavy atom. The molecule has 8 aromatic rings. The molecule has 8 rings (SSSR count). The number of aromatic nitrogens is 2. The molecule has 3 nitrogen and oxygen atoms in total. The second-order valence-corrected chi connectivity index (χ2v) is 14.1.